The lowest BCUT2D eigenvalue weighted by Gasteiger charge is -2.07. The molecule has 0 unspecified atom stereocenters. The third-order valence-corrected chi connectivity index (χ3v) is 2.11. The molecular formula is C10H5ClF3N3. The average Bonchev–Trinajstić information content (AvgIpc) is 2.30. The number of nitrogens with one attached hydrogen (secondary N) is 1. The SMILES string of the molecule is Fc1ccc(Nc2ccnc(Cl)n2)c(F)c1F. The van der Waals surface area contributed by atoms with Crippen molar-refractivity contribution in [1.82, 2.24) is 9.97 Å². The first-order valence-corrected chi connectivity index (χ1v) is 4.85. The third-order valence-electron chi connectivity index (χ3n) is 1.92. The largest absolute Gasteiger partial charge is 0.338 e. The molecule has 0 saturated heterocycles. The molecule has 0 aliphatic carbocycles. The van der Waals surface area contributed by atoms with E-state index in [1.807, 2.05) is 0 Å². The van der Waals surface area contributed by atoms with Gasteiger partial charge in [-0.05, 0) is 29.8 Å². The van der Waals surface area contributed by atoms with Gasteiger partial charge < -0.3 is 5.32 Å². The predicted octanol–water partition coefficient (Wildman–Crippen LogP) is 3.29. The summed E-state index contributed by atoms with van der Waals surface area (Å²) in [4.78, 5) is 7.34. The van der Waals surface area contributed by atoms with Gasteiger partial charge in [0, 0.05) is 6.20 Å². The van der Waals surface area contributed by atoms with Gasteiger partial charge in [0.15, 0.2) is 17.5 Å². The molecule has 88 valence electrons. The Morgan fingerprint density at radius 2 is 1.82 bits per heavy atom. The van der Waals surface area contributed by atoms with Crippen LogP contribution in [0.2, 0.25) is 5.28 Å². The van der Waals surface area contributed by atoms with Crippen LogP contribution in [0, 0.1) is 17.5 Å². The number of aromatic nitrogens is 2. The van der Waals surface area contributed by atoms with Crippen molar-refractivity contribution in [3.63, 3.8) is 0 Å². The highest BCUT2D eigenvalue weighted by atomic mass is 35.5. The average molecular weight is 260 g/mol. The van der Waals surface area contributed by atoms with Gasteiger partial charge in [-0.25, -0.2) is 23.1 Å². The summed E-state index contributed by atoms with van der Waals surface area (Å²) in [6, 6.07) is 3.28. The summed E-state index contributed by atoms with van der Waals surface area (Å²) >= 11 is 5.52. The highest BCUT2D eigenvalue weighted by Crippen LogP contribution is 2.22. The topological polar surface area (TPSA) is 37.8 Å². The van der Waals surface area contributed by atoms with Crippen LogP contribution in [0.3, 0.4) is 0 Å². The number of halogens is 4. The molecule has 1 aromatic heterocycles. The first-order valence-electron chi connectivity index (χ1n) is 4.47. The molecule has 1 N–H and O–H groups in total. The zero-order valence-electron chi connectivity index (χ0n) is 8.22. The Morgan fingerprint density at radius 1 is 1.06 bits per heavy atom. The van der Waals surface area contributed by atoms with Crippen LogP contribution in [0.5, 0.6) is 0 Å². The number of hydrogen-bond donors (Lipinski definition) is 1. The molecule has 7 heteroatoms. The molecule has 3 nitrogen and oxygen atoms in total. The lowest BCUT2D eigenvalue weighted by Crippen LogP contribution is -2.00. The van der Waals surface area contributed by atoms with Gasteiger partial charge in [-0.1, -0.05) is 0 Å². The van der Waals surface area contributed by atoms with Gasteiger partial charge in [-0.2, -0.15) is 0 Å². The van der Waals surface area contributed by atoms with Gasteiger partial charge in [0.25, 0.3) is 0 Å². The fourth-order valence-electron chi connectivity index (χ4n) is 1.16. The van der Waals surface area contributed by atoms with Crippen LogP contribution in [0.15, 0.2) is 24.4 Å². The van der Waals surface area contributed by atoms with E-state index >= 15 is 0 Å². The lowest BCUT2D eigenvalue weighted by atomic mass is 10.3. The first-order chi connectivity index (χ1) is 8.08. The molecule has 1 heterocycles. The van der Waals surface area contributed by atoms with Gasteiger partial charge in [-0.3, -0.25) is 0 Å². The Hall–Kier alpha value is -1.82. The summed E-state index contributed by atoms with van der Waals surface area (Å²) in [5.41, 5.74) is -0.237. The van der Waals surface area contributed by atoms with E-state index in [0.717, 1.165) is 12.1 Å². The second-order valence-electron chi connectivity index (χ2n) is 3.06. The monoisotopic (exact) mass is 259 g/mol. The molecule has 0 aliphatic rings. The second-order valence-corrected chi connectivity index (χ2v) is 3.40. The molecule has 1 aromatic carbocycles. The van der Waals surface area contributed by atoms with E-state index in [4.69, 9.17) is 11.6 Å². The smallest absolute Gasteiger partial charge is 0.224 e. The molecule has 0 fully saturated rings. The lowest BCUT2D eigenvalue weighted by molar-refractivity contribution is 0.449. The van der Waals surface area contributed by atoms with Crippen LogP contribution in [0.25, 0.3) is 0 Å². The zero-order chi connectivity index (χ0) is 12.4. The van der Waals surface area contributed by atoms with Crippen LogP contribution in [-0.2, 0) is 0 Å². The summed E-state index contributed by atoms with van der Waals surface area (Å²) in [6.07, 6.45) is 1.34. The molecule has 17 heavy (non-hydrogen) atoms. The Morgan fingerprint density at radius 3 is 2.53 bits per heavy atom. The predicted molar refractivity (Wildman–Crippen MR) is 56.6 cm³/mol. The zero-order valence-corrected chi connectivity index (χ0v) is 8.97. The molecule has 0 atom stereocenters. The normalized spacial score (nSPS) is 10.4. The second kappa shape index (κ2) is 4.58. The standard InChI is InChI=1S/C10H5ClF3N3/c11-10-15-4-3-7(17-10)16-6-2-1-5(12)8(13)9(6)14/h1-4H,(H,15,16,17). The van der Waals surface area contributed by atoms with Crippen LogP contribution in [0.4, 0.5) is 24.7 Å². The molecule has 2 aromatic rings. The summed E-state index contributed by atoms with van der Waals surface area (Å²) in [7, 11) is 0. The molecule has 2 rings (SSSR count). The highest BCUT2D eigenvalue weighted by Gasteiger charge is 2.13. The van der Waals surface area contributed by atoms with E-state index in [9.17, 15) is 13.2 Å². The van der Waals surface area contributed by atoms with Crippen LogP contribution >= 0.6 is 11.6 Å². The van der Waals surface area contributed by atoms with Crippen LogP contribution in [-0.4, -0.2) is 9.97 Å². The summed E-state index contributed by atoms with van der Waals surface area (Å²) < 4.78 is 38.9. The van der Waals surface area contributed by atoms with Crippen molar-refractivity contribution in [2.45, 2.75) is 0 Å². The van der Waals surface area contributed by atoms with Crippen molar-refractivity contribution >= 4 is 23.1 Å². The van der Waals surface area contributed by atoms with Gasteiger partial charge in [-0.15, -0.1) is 0 Å². The van der Waals surface area contributed by atoms with Crippen molar-refractivity contribution in [1.29, 1.82) is 0 Å². The molecule has 0 saturated carbocycles. The minimum atomic E-state index is -1.55. The molecule has 0 spiro atoms. The fraction of sp³-hybridized carbons (Fsp3) is 0. The fourth-order valence-corrected chi connectivity index (χ4v) is 1.31. The van der Waals surface area contributed by atoms with E-state index in [0.29, 0.717) is 0 Å². The Bertz CT molecular complexity index is 562. The Kier molecular flexibility index (Phi) is 3.14. The Balaban J connectivity index is 2.34. The molecular weight excluding hydrogens is 255 g/mol. The van der Waals surface area contributed by atoms with Crippen molar-refractivity contribution < 1.29 is 13.2 Å². The summed E-state index contributed by atoms with van der Waals surface area (Å²) in [5, 5.41) is 2.42. The van der Waals surface area contributed by atoms with E-state index in [-0.39, 0.29) is 16.8 Å². The van der Waals surface area contributed by atoms with E-state index in [1.54, 1.807) is 0 Å². The minimum Gasteiger partial charge on any atom is -0.338 e. The minimum absolute atomic E-state index is 0.0435. The molecule has 0 amide bonds. The molecule has 0 bridgehead atoms. The van der Waals surface area contributed by atoms with Gasteiger partial charge in [0.1, 0.15) is 5.82 Å². The molecule has 0 aliphatic heterocycles. The van der Waals surface area contributed by atoms with Gasteiger partial charge in [0.05, 0.1) is 5.69 Å². The van der Waals surface area contributed by atoms with Crippen LogP contribution < -0.4 is 5.32 Å². The van der Waals surface area contributed by atoms with Crippen molar-refractivity contribution in [2.75, 3.05) is 5.32 Å². The highest BCUT2D eigenvalue weighted by molar-refractivity contribution is 6.28. The van der Waals surface area contributed by atoms with E-state index < -0.39 is 17.5 Å². The molecule has 0 radical (unpaired) electrons. The van der Waals surface area contributed by atoms with Crippen molar-refractivity contribution in [2.24, 2.45) is 0 Å². The number of anilines is 2. The van der Waals surface area contributed by atoms with Crippen molar-refractivity contribution in [3.05, 3.63) is 47.1 Å². The van der Waals surface area contributed by atoms with Gasteiger partial charge >= 0.3 is 0 Å². The quantitative estimate of drug-likeness (QED) is 0.664. The maximum absolute atomic E-state index is 13.3. The van der Waals surface area contributed by atoms with E-state index in [2.05, 4.69) is 15.3 Å². The van der Waals surface area contributed by atoms with E-state index in [1.165, 1.54) is 12.3 Å². The maximum atomic E-state index is 13.3. The van der Waals surface area contributed by atoms with Crippen LogP contribution in [0.1, 0.15) is 0 Å². The first kappa shape index (κ1) is 11.7. The van der Waals surface area contributed by atoms with Crippen molar-refractivity contribution in [3.8, 4) is 0 Å². The number of benzene rings is 1. The number of hydrogen-bond acceptors (Lipinski definition) is 3. The van der Waals surface area contributed by atoms with Gasteiger partial charge in [0.2, 0.25) is 5.28 Å². The number of rotatable bonds is 2. The Labute approximate surface area is 99.3 Å². The summed E-state index contributed by atoms with van der Waals surface area (Å²) in [6.45, 7) is 0. The maximum Gasteiger partial charge on any atom is 0.224 e. The third kappa shape index (κ3) is 2.47. The number of nitrogens with zero attached hydrogens (tertiary/aromatic N) is 2. The summed E-state index contributed by atoms with van der Waals surface area (Å²) in [5.74, 6) is -3.95.